The van der Waals surface area contributed by atoms with E-state index in [9.17, 15) is 0 Å². The first-order chi connectivity index (χ1) is 7.19. The third-order valence-electron chi connectivity index (χ3n) is 1.75. The molecule has 0 aliphatic rings. The van der Waals surface area contributed by atoms with Crippen molar-refractivity contribution in [3.05, 3.63) is 18.2 Å². The standard InChI is InChI=1S/C10H14N2O3/c1-13-7-4-3-5-8(10(7)14-2)15-6-9(11)12/h3-5H,6H2,1-2H3,(H3,11,12). The zero-order valence-corrected chi connectivity index (χ0v) is 8.74. The maximum Gasteiger partial charge on any atom is 0.203 e. The fourth-order valence-corrected chi connectivity index (χ4v) is 1.13. The van der Waals surface area contributed by atoms with Crippen LogP contribution in [0.3, 0.4) is 0 Å². The number of benzene rings is 1. The Bertz CT molecular complexity index is 353. The number of hydrogen-bond donors (Lipinski definition) is 2. The predicted molar refractivity (Wildman–Crippen MR) is 57.0 cm³/mol. The van der Waals surface area contributed by atoms with Gasteiger partial charge in [-0.3, -0.25) is 5.41 Å². The summed E-state index contributed by atoms with van der Waals surface area (Å²) in [5.41, 5.74) is 5.19. The minimum atomic E-state index is -0.0418. The first-order valence-electron chi connectivity index (χ1n) is 4.35. The van der Waals surface area contributed by atoms with Crippen molar-refractivity contribution < 1.29 is 14.2 Å². The predicted octanol–water partition coefficient (Wildman–Crippen LogP) is 1.02. The van der Waals surface area contributed by atoms with Crippen LogP contribution in [0.5, 0.6) is 17.2 Å². The highest BCUT2D eigenvalue weighted by molar-refractivity contribution is 5.78. The molecule has 0 atom stereocenters. The molecule has 0 aliphatic heterocycles. The van der Waals surface area contributed by atoms with E-state index in [0.717, 1.165) is 0 Å². The summed E-state index contributed by atoms with van der Waals surface area (Å²) in [5, 5.41) is 7.05. The van der Waals surface area contributed by atoms with Crippen molar-refractivity contribution in [3.8, 4) is 17.2 Å². The van der Waals surface area contributed by atoms with Crippen LogP contribution in [0.25, 0.3) is 0 Å². The lowest BCUT2D eigenvalue weighted by Gasteiger charge is -2.12. The van der Waals surface area contributed by atoms with Crippen LogP contribution in [0, 0.1) is 5.41 Å². The number of nitrogens with one attached hydrogen (secondary N) is 1. The maximum atomic E-state index is 7.05. The van der Waals surface area contributed by atoms with Gasteiger partial charge in [-0.25, -0.2) is 0 Å². The Hall–Kier alpha value is -1.91. The summed E-state index contributed by atoms with van der Waals surface area (Å²) >= 11 is 0. The van der Waals surface area contributed by atoms with Gasteiger partial charge in [-0.05, 0) is 12.1 Å². The Balaban J connectivity index is 2.90. The SMILES string of the molecule is COc1cccc(OCC(=N)N)c1OC. The summed E-state index contributed by atoms with van der Waals surface area (Å²) < 4.78 is 15.5. The molecule has 0 amide bonds. The van der Waals surface area contributed by atoms with Gasteiger partial charge in [0.15, 0.2) is 11.5 Å². The average molecular weight is 210 g/mol. The highest BCUT2D eigenvalue weighted by Gasteiger charge is 2.10. The first-order valence-corrected chi connectivity index (χ1v) is 4.35. The van der Waals surface area contributed by atoms with E-state index in [-0.39, 0.29) is 12.4 Å². The first kappa shape index (κ1) is 11.2. The molecule has 15 heavy (non-hydrogen) atoms. The van der Waals surface area contributed by atoms with E-state index < -0.39 is 0 Å². The van der Waals surface area contributed by atoms with Gasteiger partial charge in [0.05, 0.1) is 14.2 Å². The van der Waals surface area contributed by atoms with E-state index in [0.29, 0.717) is 17.2 Å². The van der Waals surface area contributed by atoms with Crippen molar-refractivity contribution in [1.29, 1.82) is 5.41 Å². The van der Waals surface area contributed by atoms with Crippen LogP contribution in [0.1, 0.15) is 0 Å². The van der Waals surface area contributed by atoms with Crippen LogP contribution in [0.2, 0.25) is 0 Å². The third-order valence-corrected chi connectivity index (χ3v) is 1.75. The molecular formula is C10H14N2O3. The lowest BCUT2D eigenvalue weighted by molar-refractivity contribution is 0.312. The number of hydrogen-bond acceptors (Lipinski definition) is 4. The molecule has 0 spiro atoms. The van der Waals surface area contributed by atoms with Crippen LogP contribution in [0.4, 0.5) is 0 Å². The van der Waals surface area contributed by atoms with Gasteiger partial charge in [-0.2, -0.15) is 0 Å². The van der Waals surface area contributed by atoms with Crippen LogP contribution in [-0.2, 0) is 0 Å². The maximum absolute atomic E-state index is 7.05. The van der Waals surface area contributed by atoms with Crippen LogP contribution < -0.4 is 19.9 Å². The van der Waals surface area contributed by atoms with Gasteiger partial charge in [-0.1, -0.05) is 6.07 Å². The second-order valence-electron chi connectivity index (χ2n) is 2.81. The van der Waals surface area contributed by atoms with E-state index in [1.807, 2.05) is 0 Å². The smallest absolute Gasteiger partial charge is 0.203 e. The fourth-order valence-electron chi connectivity index (χ4n) is 1.13. The van der Waals surface area contributed by atoms with Crippen LogP contribution >= 0.6 is 0 Å². The number of amidine groups is 1. The topological polar surface area (TPSA) is 77.6 Å². The number of ether oxygens (including phenoxy) is 3. The molecule has 82 valence electrons. The Morgan fingerprint density at radius 2 is 1.93 bits per heavy atom. The lowest BCUT2D eigenvalue weighted by atomic mass is 10.3. The highest BCUT2D eigenvalue weighted by atomic mass is 16.5. The quantitative estimate of drug-likeness (QED) is 0.561. The van der Waals surface area contributed by atoms with Crippen molar-refractivity contribution in [3.63, 3.8) is 0 Å². The number of methoxy groups -OCH3 is 2. The van der Waals surface area contributed by atoms with Crippen molar-refractivity contribution in [1.82, 2.24) is 0 Å². The highest BCUT2D eigenvalue weighted by Crippen LogP contribution is 2.36. The molecule has 0 unspecified atom stereocenters. The van der Waals surface area contributed by atoms with Crippen molar-refractivity contribution in [2.24, 2.45) is 5.73 Å². The van der Waals surface area contributed by atoms with Gasteiger partial charge in [0.2, 0.25) is 5.75 Å². The van der Waals surface area contributed by atoms with Crippen LogP contribution in [-0.4, -0.2) is 26.7 Å². The molecule has 0 saturated heterocycles. The normalized spacial score (nSPS) is 9.47. The monoisotopic (exact) mass is 210 g/mol. The zero-order valence-electron chi connectivity index (χ0n) is 8.74. The summed E-state index contributed by atoms with van der Waals surface area (Å²) in [7, 11) is 3.07. The summed E-state index contributed by atoms with van der Waals surface area (Å²) in [6.45, 7) is 0.0313. The van der Waals surface area contributed by atoms with Gasteiger partial charge < -0.3 is 19.9 Å². The van der Waals surface area contributed by atoms with Crippen LogP contribution in [0.15, 0.2) is 18.2 Å². The van der Waals surface area contributed by atoms with Gasteiger partial charge in [0.1, 0.15) is 12.4 Å². The molecule has 1 rings (SSSR count). The summed E-state index contributed by atoms with van der Waals surface area (Å²) in [6, 6.07) is 5.26. The van der Waals surface area contributed by atoms with Gasteiger partial charge in [0.25, 0.3) is 0 Å². The fraction of sp³-hybridized carbons (Fsp3) is 0.300. The van der Waals surface area contributed by atoms with E-state index in [1.54, 1.807) is 25.3 Å². The Morgan fingerprint density at radius 1 is 1.27 bits per heavy atom. The summed E-state index contributed by atoms with van der Waals surface area (Å²) in [6.07, 6.45) is 0. The molecular weight excluding hydrogens is 196 g/mol. The number of para-hydroxylation sites is 1. The molecule has 0 aromatic heterocycles. The van der Waals surface area contributed by atoms with Crippen molar-refractivity contribution in [2.75, 3.05) is 20.8 Å². The van der Waals surface area contributed by atoms with Crippen molar-refractivity contribution >= 4 is 5.84 Å². The molecule has 0 saturated carbocycles. The third kappa shape index (κ3) is 2.77. The minimum Gasteiger partial charge on any atom is -0.493 e. The largest absolute Gasteiger partial charge is 0.493 e. The van der Waals surface area contributed by atoms with Crippen molar-refractivity contribution in [2.45, 2.75) is 0 Å². The minimum absolute atomic E-state index is 0.0313. The summed E-state index contributed by atoms with van der Waals surface area (Å²) in [5.74, 6) is 1.55. The molecule has 0 radical (unpaired) electrons. The van der Waals surface area contributed by atoms with E-state index >= 15 is 0 Å². The second-order valence-corrected chi connectivity index (χ2v) is 2.81. The molecule has 5 nitrogen and oxygen atoms in total. The molecule has 0 fully saturated rings. The molecule has 3 N–H and O–H groups in total. The Kier molecular flexibility index (Phi) is 3.79. The average Bonchev–Trinajstić information content (AvgIpc) is 2.25. The van der Waals surface area contributed by atoms with Gasteiger partial charge in [0, 0.05) is 0 Å². The molecule has 5 heteroatoms. The van der Waals surface area contributed by atoms with Gasteiger partial charge >= 0.3 is 0 Å². The zero-order chi connectivity index (χ0) is 11.3. The molecule has 0 heterocycles. The molecule has 0 bridgehead atoms. The number of nitrogens with two attached hydrogens (primary N) is 1. The second kappa shape index (κ2) is 5.09. The molecule has 1 aromatic rings. The Morgan fingerprint density at radius 3 is 2.47 bits per heavy atom. The Labute approximate surface area is 88.3 Å². The van der Waals surface area contributed by atoms with E-state index in [4.69, 9.17) is 25.4 Å². The van der Waals surface area contributed by atoms with E-state index in [1.165, 1.54) is 7.11 Å². The van der Waals surface area contributed by atoms with E-state index in [2.05, 4.69) is 0 Å². The number of rotatable bonds is 5. The molecule has 0 aliphatic carbocycles. The molecule has 1 aromatic carbocycles. The van der Waals surface area contributed by atoms with Gasteiger partial charge in [-0.15, -0.1) is 0 Å². The lowest BCUT2D eigenvalue weighted by Crippen LogP contribution is -2.19. The summed E-state index contributed by atoms with van der Waals surface area (Å²) in [4.78, 5) is 0.